The Bertz CT molecular complexity index is 511. The molecule has 22 heavy (non-hydrogen) atoms. The van der Waals surface area contributed by atoms with Crippen LogP contribution in [-0.4, -0.2) is 45.4 Å². The van der Waals surface area contributed by atoms with E-state index in [0.717, 1.165) is 25.6 Å². The van der Waals surface area contributed by atoms with E-state index >= 15 is 0 Å². The van der Waals surface area contributed by atoms with Gasteiger partial charge in [-0.25, -0.2) is 0 Å². The van der Waals surface area contributed by atoms with Crippen LogP contribution >= 0.6 is 0 Å². The molecule has 0 bridgehead atoms. The van der Waals surface area contributed by atoms with Crippen molar-refractivity contribution in [1.82, 2.24) is 4.90 Å². The number of rotatable bonds is 5. The molecule has 0 spiro atoms. The van der Waals surface area contributed by atoms with E-state index in [1.807, 2.05) is 18.2 Å². The van der Waals surface area contributed by atoms with Gasteiger partial charge >= 0.3 is 0 Å². The van der Waals surface area contributed by atoms with Crippen LogP contribution in [0.15, 0.2) is 18.2 Å². The number of piperidine rings is 1. The van der Waals surface area contributed by atoms with Gasteiger partial charge in [-0.05, 0) is 37.4 Å². The summed E-state index contributed by atoms with van der Waals surface area (Å²) in [6, 6.07) is 5.56. The summed E-state index contributed by atoms with van der Waals surface area (Å²) in [5.41, 5.74) is 0. The molecule has 0 aliphatic carbocycles. The van der Waals surface area contributed by atoms with Crippen molar-refractivity contribution in [3.8, 4) is 29.1 Å². The number of para-hydroxylation sites is 1. The standard InChI is InChI=1S/C18H25NO3/c1-15-8-7-12-19(14-15)11-4-5-13-22-18-16(20-2)9-6-10-17(18)21-3/h6,9-10,15H,7-8,11-14H2,1-3H3. The number of likely N-dealkylation sites (tertiary alicyclic amines) is 1. The maximum Gasteiger partial charge on any atom is 0.204 e. The van der Waals surface area contributed by atoms with E-state index in [4.69, 9.17) is 14.2 Å². The minimum absolute atomic E-state index is 0.333. The van der Waals surface area contributed by atoms with Crippen LogP contribution < -0.4 is 14.2 Å². The molecule has 120 valence electrons. The van der Waals surface area contributed by atoms with Gasteiger partial charge in [0.05, 0.1) is 20.8 Å². The lowest BCUT2D eigenvalue weighted by Gasteiger charge is -2.28. The quantitative estimate of drug-likeness (QED) is 0.783. The molecule has 0 N–H and O–H groups in total. The average Bonchev–Trinajstić information content (AvgIpc) is 2.54. The van der Waals surface area contributed by atoms with E-state index in [1.165, 1.54) is 12.8 Å². The van der Waals surface area contributed by atoms with Crippen LogP contribution in [-0.2, 0) is 0 Å². The summed E-state index contributed by atoms with van der Waals surface area (Å²) < 4.78 is 16.3. The summed E-state index contributed by atoms with van der Waals surface area (Å²) in [6.07, 6.45) is 2.61. The minimum Gasteiger partial charge on any atom is -0.493 e. The average molecular weight is 303 g/mol. The Morgan fingerprint density at radius 1 is 1.18 bits per heavy atom. The molecular formula is C18H25NO3. The Morgan fingerprint density at radius 3 is 2.55 bits per heavy atom. The van der Waals surface area contributed by atoms with Gasteiger partial charge in [0, 0.05) is 6.54 Å². The fourth-order valence-electron chi connectivity index (χ4n) is 2.72. The molecular weight excluding hydrogens is 278 g/mol. The number of nitrogens with zero attached hydrogens (tertiary/aromatic N) is 1. The van der Waals surface area contributed by atoms with Crippen molar-refractivity contribution in [3.05, 3.63) is 18.2 Å². The molecule has 1 aliphatic rings. The minimum atomic E-state index is 0.333. The molecule has 1 heterocycles. The van der Waals surface area contributed by atoms with Gasteiger partial charge in [-0.2, -0.15) is 0 Å². The van der Waals surface area contributed by atoms with E-state index < -0.39 is 0 Å². The highest BCUT2D eigenvalue weighted by Crippen LogP contribution is 2.36. The lowest BCUT2D eigenvalue weighted by atomic mass is 10.0. The Balaban J connectivity index is 1.85. The van der Waals surface area contributed by atoms with Crippen molar-refractivity contribution in [2.75, 3.05) is 40.5 Å². The van der Waals surface area contributed by atoms with Gasteiger partial charge in [0.1, 0.15) is 6.61 Å². The van der Waals surface area contributed by atoms with Crippen LogP contribution in [0.25, 0.3) is 0 Å². The Labute approximate surface area is 133 Å². The lowest BCUT2D eigenvalue weighted by Crippen LogP contribution is -2.34. The van der Waals surface area contributed by atoms with Gasteiger partial charge in [-0.3, -0.25) is 4.90 Å². The summed E-state index contributed by atoms with van der Waals surface area (Å²) in [4.78, 5) is 2.41. The molecule has 0 aromatic heterocycles. The maximum absolute atomic E-state index is 5.72. The van der Waals surface area contributed by atoms with E-state index in [2.05, 4.69) is 23.7 Å². The van der Waals surface area contributed by atoms with E-state index in [9.17, 15) is 0 Å². The largest absolute Gasteiger partial charge is 0.493 e. The second kappa shape index (κ2) is 8.55. The van der Waals surface area contributed by atoms with Gasteiger partial charge < -0.3 is 14.2 Å². The molecule has 0 saturated carbocycles. The van der Waals surface area contributed by atoms with Gasteiger partial charge in [0.15, 0.2) is 11.5 Å². The molecule has 4 heteroatoms. The zero-order valence-electron chi connectivity index (χ0n) is 13.7. The molecule has 1 aromatic rings. The molecule has 1 aliphatic heterocycles. The van der Waals surface area contributed by atoms with Crippen molar-refractivity contribution in [1.29, 1.82) is 0 Å². The van der Waals surface area contributed by atoms with Crippen LogP contribution in [0, 0.1) is 17.8 Å². The molecule has 1 unspecified atom stereocenters. The first-order valence-corrected chi connectivity index (χ1v) is 7.76. The summed E-state index contributed by atoms with van der Waals surface area (Å²) in [5.74, 6) is 8.97. The van der Waals surface area contributed by atoms with Gasteiger partial charge in [-0.1, -0.05) is 24.8 Å². The lowest BCUT2D eigenvalue weighted by molar-refractivity contribution is 0.204. The molecule has 1 aromatic carbocycles. The normalized spacial score (nSPS) is 18.2. The highest BCUT2D eigenvalue weighted by atomic mass is 16.5. The predicted octanol–water partition coefficient (Wildman–Crippen LogP) is 2.82. The van der Waals surface area contributed by atoms with Crippen molar-refractivity contribution >= 4 is 0 Å². The smallest absolute Gasteiger partial charge is 0.204 e. The molecule has 1 atom stereocenters. The Hall–Kier alpha value is -1.86. The van der Waals surface area contributed by atoms with E-state index in [-0.39, 0.29) is 0 Å². The van der Waals surface area contributed by atoms with Crippen molar-refractivity contribution in [2.45, 2.75) is 19.8 Å². The van der Waals surface area contributed by atoms with E-state index in [1.54, 1.807) is 14.2 Å². The number of hydrogen-bond acceptors (Lipinski definition) is 4. The van der Waals surface area contributed by atoms with Crippen LogP contribution in [0.2, 0.25) is 0 Å². The summed E-state index contributed by atoms with van der Waals surface area (Å²) in [6.45, 7) is 5.75. The fraction of sp³-hybridized carbons (Fsp3) is 0.556. The Kier molecular flexibility index (Phi) is 6.42. The second-order valence-electron chi connectivity index (χ2n) is 5.62. The van der Waals surface area contributed by atoms with Crippen molar-refractivity contribution in [2.24, 2.45) is 5.92 Å². The first-order chi connectivity index (χ1) is 10.7. The third-order valence-corrected chi connectivity index (χ3v) is 3.84. The number of methoxy groups -OCH3 is 2. The first kappa shape index (κ1) is 16.5. The molecule has 0 amide bonds. The van der Waals surface area contributed by atoms with Gasteiger partial charge in [0.25, 0.3) is 0 Å². The maximum atomic E-state index is 5.72. The number of ether oxygens (including phenoxy) is 3. The third kappa shape index (κ3) is 4.57. The monoisotopic (exact) mass is 303 g/mol. The first-order valence-electron chi connectivity index (χ1n) is 7.76. The van der Waals surface area contributed by atoms with Crippen LogP contribution in [0.4, 0.5) is 0 Å². The van der Waals surface area contributed by atoms with Gasteiger partial charge in [-0.15, -0.1) is 0 Å². The topological polar surface area (TPSA) is 30.9 Å². The van der Waals surface area contributed by atoms with Crippen LogP contribution in [0.3, 0.4) is 0 Å². The molecule has 2 rings (SSSR count). The zero-order valence-corrected chi connectivity index (χ0v) is 13.7. The summed E-state index contributed by atoms with van der Waals surface area (Å²) in [5, 5.41) is 0. The second-order valence-corrected chi connectivity index (χ2v) is 5.62. The summed E-state index contributed by atoms with van der Waals surface area (Å²) >= 11 is 0. The van der Waals surface area contributed by atoms with Crippen LogP contribution in [0.1, 0.15) is 19.8 Å². The number of benzene rings is 1. The zero-order chi connectivity index (χ0) is 15.8. The molecule has 1 fully saturated rings. The molecule has 0 radical (unpaired) electrons. The highest BCUT2D eigenvalue weighted by Gasteiger charge is 2.14. The van der Waals surface area contributed by atoms with Crippen molar-refractivity contribution in [3.63, 3.8) is 0 Å². The third-order valence-electron chi connectivity index (χ3n) is 3.84. The molecule has 1 saturated heterocycles. The highest BCUT2D eigenvalue weighted by molar-refractivity contribution is 5.51. The van der Waals surface area contributed by atoms with E-state index in [0.29, 0.717) is 23.9 Å². The predicted molar refractivity (Wildman–Crippen MR) is 87.7 cm³/mol. The Morgan fingerprint density at radius 2 is 1.91 bits per heavy atom. The van der Waals surface area contributed by atoms with Crippen LogP contribution in [0.5, 0.6) is 17.2 Å². The molecule has 4 nitrogen and oxygen atoms in total. The SMILES string of the molecule is COc1cccc(OC)c1OCC#CCN1CCCC(C)C1. The summed E-state index contributed by atoms with van der Waals surface area (Å²) in [7, 11) is 3.23. The number of hydrogen-bond donors (Lipinski definition) is 0. The van der Waals surface area contributed by atoms with Gasteiger partial charge in [0.2, 0.25) is 5.75 Å². The van der Waals surface area contributed by atoms with Crippen molar-refractivity contribution < 1.29 is 14.2 Å². The fourth-order valence-corrected chi connectivity index (χ4v) is 2.72.